The number of hydrogen-bond donors (Lipinski definition) is 1. The number of nitrogens with one attached hydrogen (secondary N) is 1. The molecule has 1 aromatic heterocycles. The van der Waals surface area contributed by atoms with Crippen molar-refractivity contribution in [1.29, 1.82) is 0 Å². The minimum absolute atomic E-state index is 0.272. The van der Waals surface area contributed by atoms with Crippen LogP contribution in [0, 0.1) is 5.82 Å². The standard InChI is InChI=1S/C19H18FN3O3/c1-25-14-7-8-15(17(11-14)26-2)19(24)21-18-9-10-23(22-18)12-13-5-3-4-6-16(13)20/h3-11H,12H2,1-2H3,(H,21,22,24). The van der Waals surface area contributed by atoms with Gasteiger partial charge in [0.25, 0.3) is 5.91 Å². The molecule has 0 fully saturated rings. The number of ether oxygens (including phenoxy) is 2. The summed E-state index contributed by atoms with van der Waals surface area (Å²) in [5.74, 6) is 0.696. The smallest absolute Gasteiger partial charge is 0.260 e. The molecule has 2 aromatic carbocycles. The van der Waals surface area contributed by atoms with Gasteiger partial charge >= 0.3 is 0 Å². The van der Waals surface area contributed by atoms with E-state index in [1.807, 2.05) is 0 Å². The second kappa shape index (κ2) is 7.69. The molecule has 0 saturated carbocycles. The summed E-state index contributed by atoms with van der Waals surface area (Å²) in [4.78, 5) is 12.5. The first-order valence-corrected chi connectivity index (χ1v) is 7.91. The lowest BCUT2D eigenvalue weighted by Crippen LogP contribution is -2.14. The van der Waals surface area contributed by atoms with Crippen LogP contribution in [0.4, 0.5) is 10.2 Å². The Morgan fingerprint density at radius 2 is 1.96 bits per heavy atom. The molecule has 0 atom stereocenters. The maximum Gasteiger partial charge on any atom is 0.260 e. The zero-order valence-electron chi connectivity index (χ0n) is 14.4. The highest BCUT2D eigenvalue weighted by atomic mass is 19.1. The molecular weight excluding hydrogens is 337 g/mol. The molecule has 26 heavy (non-hydrogen) atoms. The number of hydrogen-bond acceptors (Lipinski definition) is 4. The highest BCUT2D eigenvalue weighted by Gasteiger charge is 2.15. The molecular formula is C19H18FN3O3. The molecule has 0 radical (unpaired) electrons. The van der Waals surface area contributed by atoms with Crippen molar-refractivity contribution in [2.24, 2.45) is 0 Å². The number of rotatable bonds is 6. The van der Waals surface area contributed by atoms with E-state index in [9.17, 15) is 9.18 Å². The minimum Gasteiger partial charge on any atom is -0.497 e. The molecule has 0 aliphatic heterocycles. The first-order chi connectivity index (χ1) is 12.6. The lowest BCUT2D eigenvalue weighted by atomic mass is 10.1. The van der Waals surface area contributed by atoms with Crippen LogP contribution in [-0.2, 0) is 6.54 Å². The predicted octanol–water partition coefficient (Wildman–Crippen LogP) is 3.34. The fraction of sp³-hybridized carbons (Fsp3) is 0.158. The first kappa shape index (κ1) is 17.5. The third-order valence-electron chi connectivity index (χ3n) is 3.83. The van der Waals surface area contributed by atoms with Gasteiger partial charge in [0, 0.05) is 23.9 Å². The Morgan fingerprint density at radius 3 is 2.69 bits per heavy atom. The molecule has 1 amide bonds. The molecule has 0 aliphatic carbocycles. The van der Waals surface area contributed by atoms with Crippen LogP contribution < -0.4 is 14.8 Å². The van der Waals surface area contributed by atoms with Gasteiger partial charge in [0.05, 0.1) is 26.3 Å². The summed E-state index contributed by atoms with van der Waals surface area (Å²) in [6.07, 6.45) is 1.67. The summed E-state index contributed by atoms with van der Waals surface area (Å²) in [5.41, 5.74) is 0.877. The fourth-order valence-corrected chi connectivity index (χ4v) is 2.49. The van der Waals surface area contributed by atoms with Crippen molar-refractivity contribution in [3.8, 4) is 11.5 Å². The molecule has 0 spiro atoms. The van der Waals surface area contributed by atoms with E-state index in [0.29, 0.717) is 28.4 Å². The van der Waals surface area contributed by atoms with E-state index in [4.69, 9.17) is 9.47 Å². The van der Waals surface area contributed by atoms with Crippen molar-refractivity contribution in [1.82, 2.24) is 9.78 Å². The fourth-order valence-electron chi connectivity index (χ4n) is 2.49. The lowest BCUT2D eigenvalue weighted by Gasteiger charge is -2.09. The molecule has 0 aliphatic rings. The van der Waals surface area contributed by atoms with Gasteiger partial charge in [-0.25, -0.2) is 4.39 Å². The number of aromatic nitrogens is 2. The summed E-state index contributed by atoms with van der Waals surface area (Å²) < 4.78 is 25.6. The lowest BCUT2D eigenvalue weighted by molar-refractivity contribution is 0.102. The molecule has 1 heterocycles. The van der Waals surface area contributed by atoms with Gasteiger partial charge in [0.1, 0.15) is 17.3 Å². The third kappa shape index (κ3) is 3.83. The van der Waals surface area contributed by atoms with Crippen molar-refractivity contribution in [3.05, 3.63) is 71.7 Å². The second-order valence-electron chi connectivity index (χ2n) is 5.51. The largest absolute Gasteiger partial charge is 0.497 e. The van der Waals surface area contributed by atoms with E-state index < -0.39 is 0 Å². The van der Waals surface area contributed by atoms with Crippen molar-refractivity contribution >= 4 is 11.7 Å². The van der Waals surface area contributed by atoms with Gasteiger partial charge in [-0.05, 0) is 18.2 Å². The molecule has 134 valence electrons. The monoisotopic (exact) mass is 355 g/mol. The van der Waals surface area contributed by atoms with Crippen LogP contribution in [0.3, 0.4) is 0 Å². The van der Waals surface area contributed by atoms with E-state index in [0.717, 1.165) is 0 Å². The van der Waals surface area contributed by atoms with Gasteiger partial charge in [-0.15, -0.1) is 0 Å². The van der Waals surface area contributed by atoms with Gasteiger partial charge < -0.3 is 14.8 Å². The van der Waals surface area contributed by atoms with Gasteiger partial charge in [-0.1, -0.05) is 18.2 Å². The molecule has 0 unspecified atom stereocenters. The summed E-state index contributed by atoms with van der Waals surface area (Å²) in [6, 6.07) is 13.1. The number of halogens is 1. The van der Waals surface area contributed by atoms with Crippen LogP contribution in [0.1, 0.15) is 15.9 Å². The Hall–Kier alpha value is -3.35. The van der Waals surface area contributed by atoms with Crippen LogP contribution in [0.25, 0.3) is 0 Å². The van der Waals surface area contributed by atoms with Gasteiger partial charge in [0.2, 0.25) is 0 Å². The molecule has 6 nitrogen and oxygen atoms in total. The van der Waals surface area contributed by atoms with Crippen molar-refractivity contribution in [2.45, 2.75) is 6.54 Å². The Kier molecular flexibility index (Phi) is 5.17. The zero-order chi connectivity index (χ0) is 18.5. The Morgan fingerprint density at radius 1 is 1.15 bits per heavy atom. The summed E-state index contributed by atoms with van der Waals surface area (Å²) >= 11 is 0. The molecule has 0 saturated heterocycles. The Bertz CT molecular complexity index is 924. The van der Waals surface area contributed by atoms with Gasteiger partial charge in [0.15, 0.2) is 5.82 Å². The number of methoxy groups -OCH3 is 2. The highest BCUT2D eigenvalue weighted by Crippen LogP contribution is 2.25. The number of carbonyl (C=O) groups is 1. The SMILES string of the molecule is COc1ccc(C(=O)Nc2ccn(Cc3ccccc3F)n2)c(OC)c1. The topological polar surface area (TPSA) is 65.4 Å². The van der Waals surface area contributed by atoms with E-state index in [2.05, 4.69) is 10.4 Å². The number of anilines is 1. The molecule has 3 aromatic rings. The van der Waals surface area contributed by atoms with E-state index in [1.54, 1.807) is 53.3 Å². The minimum atomic E-state index is -0.361. The van der Waals surface area contributed by atoms with Crippen LogP contribution >= 0.6 is 0 Å². The highest BCUT2D eigenvalue weighted by molar-refractivity contribution is 6.05. The number of amides is 1. The normalized spacial score (nSPS) is 10.4. The van der Waals surface area contributed by atoms with Crippen LogP contribution in [-0.4, -0.2) is 29.9 Å². The Labute approximate surface area is 150 Å². The van der Waals surface area contributed by atoms with Crippen LogP contribution in [0.15, 0.2) is 54.7 Å². The number of carbonyl (C=O) groups excluding carboxylic acids is 1. The third-order valence-corrected chi connectivity index (χ3v) is 3.83. The quantitative estimate of drug-likeness (QED) is 0.736. The average molecular weight is 355 g/mol. The summed E-state index contributed by atoms with van der Waals surface area (Å²) in [6.45, 7) is 0.272. The van der Waals surface area contributed by atoms with Gasteiger partial charge in [-0.2, -0.15) is 5.10 Å². The second-order valence-corrected chi connectivity index (χ2v) is 5.51. The molecule has 0 bridgehead atoms. The van der Waals surface area contributed by atoms with Crippen molar-refractivity contribution in [2.75, 3.05) is 19.5 Å². The van der Waals surface area contributed by atoms with E-state index in [1.165, 1.54) is 20.3 Å². The van der Waals surface area contributed by atoms with E-state index >= 15 is 0 Å². The molecule has 7 heteroatoms. The first-order valence-electron chi connectivity index (χ1n) is 7.91. The average Bonchev–Trinajstić information content (AvgIpc) is 3.09. The van der Waals surface area contributed by atoms with Gasteiger partial charge in [-0.3, -0.25) is 9.48 Å². The number of nitrogens with zero attached hydrogens (tertiary/aromatic N) is 2. The molecule has 3 rings (SSSR count). The summed E-state index contributed by atoms with van der Waals surface area (Å²) in [5, 5.41) is 6.96. The summed E-state index contributed by atoms with van der Waals surface area (Å²) in [7, 11) is 3.02. The van der Waals surface area contributed by atoms with Crippen LogP contribution in [0.2, 0.25) is 0 Å². The zero-order valence-corrected chi connectivity index (χ0v) is 14.4. The maximum atomic E-state index is 13.7. The number of benzene rings is 2. The maximum absolute atomic E-state index is 13.7. The van der Waals surface area contributed by atoms with Crippen molar-refractivity contribution < 1.29 is 18.7 Å². The van der Waals surface area contributed by atoms with Crippen molar-refractivity contribution in [3.63, 3.8) is 0 Å². The van der Waals surface area contributed by atoms with Crippen LogP contribution in [0.5, 0.6) is 11.5 Å². The van der Waals surface area contributed by atoms with E-state index in [-0.39, 0.29) is 18.3 Å². The Balaban J connectivity index is 1.73. The predicted molar refractivity (Wildman–Crippen MR) is 95.2 cm³/mol. The molecule has 1 N–H and O–H groups in total.